The summed E-state index contributed by atoms with van der Waals surface area (Å²) in [6, 6.07) is 0. The van der Waals surface area contributed by atoms with Gasteiger partial charge in [0.05, 0.1) is 24.4 Å². The predicted octanol–water partition coefficient (Wildman–Crippen LogP) is 0.410. The minimum atomic E-state index is -1.11. The Morgan fingerprint density at radius 3 is 2.81 bits per heavy atom. The molecule has 0 amide bonds. The summed E-state index contributed by atoms with van der Waals surface area (Å²) in [5.74, 6) is -1.60. The second kappa shape index (κ2) is 5.35. The molecule has 2 aromatic rings. The van der Waals surface area contributed by atoms with Gasteiger partial charge in [0.25, 0.3) is 0 Å². The highest BCUT2D eigenvalue weighted by Crippen LogP contribution is 2.22. The van der Waals surface area contributed by atoms with Crippen molar-refractivity contribution < 1.29 is 19.4 Å². The minimum Gasteiger partial charge on any atom is -0.481 e. The number of carboxylic acids is 1. The number of esters is 1. The van der Waals surface area contributed by atoms with Gasteiger partial charge in [-0.25, -0.2) is 9.97 Å². The van der Waals surface area contributed by atoms with Crippen molar-refractivity contribution in [1.29, 1.82) is 0 Å². The van der Waals surface area contributed by atoms with Crippen LogP contribution in [0.4, 0.5) is 5.95 Å². The molecule has 0 saturated heterocycles. The lowest BCUT2D eigenvalue weighted by Crippen LogP contribution is -2.29. The molecule has 0 bridgehead atoms. The van der Waals surface area contributed by atoms with E-state index in [0.29, 0.717) is 11.2 Å². The molecule has 0 radical (unpaired) electrons. The molecule has 0 spiro atoms. The predicted molar refractivity (Wildman–Crippen MR) is 71.9 cm³/mol. The molecule has 2 heterocycles. The van der Waals surface area contributed by atoms with Gasteiger partial charge in [-0.3, -0.25) is 14.2 Å². The standard InChI is InChI=1S/C12H15N5O4/c1-12(2,3-8(18)19)10(20)21-6-17-5-15-7-4-14-11(13)16-9(7)17/h4-5H,3,6H2,1-2H3,(H,18,19)(H2,13,14,16). The first kappa shape index (κ1) is 14.7. The van der Waals surface area contributed by atoms with E-state index in [2.05, 4.69) is 15.0 Å². The van der Waals surface area contributed by atoms with Gasteiger partial charge in [-0.1, -0.05) is 0 Å². The van der Waals surface area contributed by atoms with E-state index < -0.39 is 17.4 Å². The number of aliphatic carboxylic acids is 1. The van der Waals surface area contributed by atoms with Crippen LogP contribution < -0.4 is 5.73 Å². The molecule has 2 rings (SSSR count). The summed E-state index contributed by atoms with van der Waals surface area (Å²) in [5, 5.41) is 8.77. The number of hydrogen-bond acceptors (Lipinski definition) is 7. The van der Waals surface area contributed by atoms with Gasteiger partial charge in [0.2, 0.25) is 5.95 Å². The Morgan fingerprint density at radius 1 is 1.43 bits per heavy atom. The Balaban J connectivity index is 2.09. The van der Waals surface area contributed by atoms with Gasteiger partial charge in [0.1, 0.15) is 5.52 Å². The Hall–Kier alpha value is -2.71. The van der Waals surface area contributed by atoms with E-state index in [1.54, 1.807) is 0 Å². The Morgan fingerprint density at radius 2 is 2.14 bits per heavy atom. The van der Waals surface area contributed by atoms with Crippen LogP contribution in [0.5, 0.6) is 0 Å². The highest BCUT2D eigenvalue weighted by Gasteiger charge is 2.32. The quantitative estimate of drug-likeness (QED) is 0.757. The number of carboxylic acid groups (broad SMARTS) is 1. The molecule has 0 aliphatic carbocycles. The number of fused-ring (bicyclic) bond motifs is 1. The Kier molecular flexibility index (Phi) is 3.74. The van der Waals surface area contributed by atoms with Crippen molar-refractivity contribution in [2.75, 3.05) is 5.73 Å². The minimum absolute atomic E-state index is 0.0850. The third-order valence-electron chi connectivity index (χ3n) is 2.86. The number of nitrogens with zero attached hydrogens (tertiary/aromatic N) is 4. The number of imidazole rings is 1. The molecule has 0 unspecified atom stereocenters. The third kappa shape index (κ3) is 3.25. The third-order valence-corrected chi connectivity index (χ3v) is 2.86. The second-order valence-electron chi connectivity index (χ2n) is 5.17. The van der Waals surface area contributed by atoms with Gasteiger partial charge in [0.15, 0.2) is 12.4 Å². The summed E-state index contributed by atoms with van der Waals surface area (Å²) in [6.07, 6.45) is 2.59. The van der Waals surface area contributed by atoms with Crippen molar-refractivity contribution in [2.24, 2.45) is 5.41 Å². The molecule has 0 aromatic carbocycles. The number of aromatic nitrogens is 4. The normalized spacial score (nSPS) is 11.5. The van der Waals surface area contributed by atoms with Crippen LogP contribution in [0.2, 0.25) is 0 Å². The molecule has 21 heavy (non-hydrogen) atoms. The number of carbonyl (C=O) groups excluding carboxylic acids is 1. The van der Waals surface area contributed by atoms with Crippen LogP contribution in [-0.2, 0) is 21.1 Å². The first-order valence-electron chi connectivity index (χ1n) is 6.12. The van der Waals surface area contributed by atoms with E-state index in [4.69, 9.17) is 15.6 Å². The summed E-state index contributed by atoms with van der Waals surface area (Å²) < 4.78 is 6.61. The van der Waals surface area contributed by atoms with Crippen molar-refractivity contribution in [3.63, 3.8) is 0 Å². The molecule has 9 heteroatoms. The van der Waals surface area contributed by atoms with E-state index in [9.17, 15) is 9.59 Å². The van der Waals surface area contributed by atoms with E-state index in [0.717, 1.165) is 0 Å². The molecule has 112 valence electrons. The molecule has 2 aromatic heterocycles. The van der Waals surface area contributed by atoms with Crippen molar-refractivity contribution >= 4 is 29.1 Å². The van der Waals surface area contributed by atoms with Crippen LogP contribution in [0.15, 0.2) is 12.5 Å². The average Bonchev–Trinajstić information content (AvgIpc) is 2.76. The summed E-state index contributed by atoms with van der Waals surface area (Å²) in [5.41, 5.74) is 5.34. The van der Waals surface area contributed by atoms with Crippen LogP contribution in [0.1, 0.15) is 20.3 Å². The number of nitrogens with two attached hydrogens (primary N) is 1. The van der Waals surface area contributed by atoms with Crippen molar-refractivity contribution in [2.45, 2.75) is 27.0 Å². The maximum absolute atomic E-state index is 11.9. The Labute approximate surface area is 119 Å². The smallest absolute Gasteiger partial charge is 0.313 e. The lowest BCUT2D eigenvalue weighted by Gasteiger charge is -2.20. The van der Waals surface area contributed by atoms with E-state index >= 15 is 0 Å². The first-order valence-corrected chi connectivity index (χ1v) is 6.12. The molecule has 0 fully saturated rings. The van der Waals surface area contributed by atoms with Crippen molar-refractivity contribution in [3.05, 3.63) is 12.5 Å². The maximum atomic E-state index is 11.9. The van der Waals surface area contributed by atoms with Crippen molar-refractivity contribution in [1.82, 2.24) is 19.5 Å². The summed E-state index contributed by atoms with van der Waals surface area (Å²) in [6.45, 7) is 2.89. The fourth-order valence-electron chi connectivity index (χ4n) is 1.74. The number of ether oxygens (including phenoxy) is 1. The first-order chi connectivity index (χ1) is 9.79. The molecule has 0 aliphatic heterocycles. The van der Waals surface area contributed by atoms with Crippen LogP contribution in [0.25, 0.3) is 11.2 Å². The van der Waals surface area contributed by atoms with E-state index in [1.807, 2.05) is 0 Å². The molecular formula is C12H15N5O4. The molecule has 0 aliphatic rings. The summed E-state index contributed by atoms with van der Waals surface area (Å²) in [7, 11) is 0. The topological polar surface area (TPSA) is 133 Å². The zero-order chi connectivity index (χ0) is 15.6. The summed E-state index contributed by atoms with van der Waals surface area (Å²) in [4.78, 5) is 34.5. The van der Waals surface area contributed by atoms with Gasteiger partial charge in [0, 0.05) is 0 Å². The molecule has 3 N–H and O–H groups in total. The fourth-order valence-corrected chi connectivity index (χ4v) is 1.74. The van der Waals surface area contributed by atoms with Gasteiger partial charge in [-0.05, 0) is 13.8 Å². The maximum Gasteiger partial charge on any atom is 0.313 e. The SMILES string of the molecule is CC(C)(CC(=O)O)C(=O)OCn1cnc2cnc(N)nc21. The molecular weight excluding hydrogens is 278 g/mol. The highest BCUT2D eigenvalue weighted by molar-refractivity contribution is 5.82. The van der Waals surface area contributed by atoms with Gasteiger partial charge >= 0.3 is 11.9 Å². The molecule has 9 nitrogen and oxygen atoms in total. The lowest BCUT2D eigenvalue weighted by molar-refractivity contribution is -0.162. The van der Waals surface area contributed by atoms with Crippen molar-refractivity contribution in [3.8, 4) is 0 Å². The monoisotopic (exact) mass is 293 g/mol. The fraction of sp³-hybridized carbons (Fsp3) is 0.417. The van der Waals surface area contributed by atoms with Crippen LogP contribution in [-0.4, -0.2) is 36.6 Å². The zero-order valence-electron chi connectivity index (χ0n) is 11.6. The van der Waals surface area contributed by atoms with E-state index in [-0.39, 0.29) is 19.1 Å². The molecule has 0 atom stereocenters. The van der Waals surface area contributed by atoms with Crippen LogP contribution in [0.3, 0.4) is 0 Å². The Bertz CT molecular complexity index is 694. The average molecular weight is 293 g/mol. The number of anilines is 1. The van der Waals surface area contributed by atoms with Gasteiger partial charge < -0.3 is 15.6 Å². The highest BCUT2D eigenvalue weighted by atomic mass is 16.5. The van der Waals surface area contributed by atoms with E-state index in [1.165, 1.54) is 30.9 Å². The van der Waals surface area contributed by atoms with Gasteiger partial charge in [-0.15, -0.1) is 0 Å². The number of nitrogen functional groups attached to an aromatic ring is 1. The second-order valence-corrected chi connectivity index (χ2v) is 5.17. The number of hydrogen-bond donors (Lipinski definition) is 2. The van der Waals surface area contributed by atoms with Gasteiger partial charge in [-0.2, -0.15) is 4.98 Å². The summed E-state index contributed by atoms with van der Waals surface area (Å²) >= 11 is 0. The number of rotatable bonds is 5. The largest absolute Gasteiger partial charge is 0.481 e. The van der Waals surface area contributed by atoms with Crippen LogP contribution >= 0.6 is 0 Å². The zero-order valence-corrected chi connectivity index (χ0v) is 11.6. The number of carbonyl (C=O) groups is 2. The lowest BCUT2D eigenvalue weighted by atomic mass is 9.90. The molecule has 0 saturated carbocycles. The van der Waals surface area contributed by atoms with Crippen LogP contribution in [0, 0.1) is 5.41 Å².